The zero-order chi connectivity index (χ0) is 12.2. The van der Waals surface area contributed by atoms with Crippen LogP contribution in [0.5, 0.6) is 5.75 Å². The van der Waals surface area contributed by atoms with E-state index in [-0.39, 0.29) is 0 Å². The third-order valence-electron chi connectivity index (χ3n) is 2.15. The summed E-state index contributed by atoms with van der Waals surface area (Å²) in [5, 5.41) is 0. The van der Waals surface area contributed by atoms with E-state index >= 15 is 0 Å². The van der Waals surface area contributed by atoms with E-state index in [0.29, 0.717) is 11.3 Å². The van der Waals surface area contributed by atoms with Gasteiger partial charge in [-0.05, 0) is 17.7 Å². The molecule has 0 saturated carbocycles. The zero-order valence-electron chi connectivity index (χ0n) is 8.71. The first-order chi connectivity index (χ1) is 7.46. The molecule has 0 fully saturated rings. The summed E-state index contributed by atoms with van der Waals surface area (Å²) in [6.07, 6.45) is -5.26. The van der Waals surface area contributed by atoms with Crippen molar-refractivity contribution in [3.63, 3.8) is 0 Å². The molecule has 0 aliphatic carbocycles. The van der Waals surface area contributed by atoms with Crippen LogP contribution in [0.3, 0.4) is 0 Å². The first-order valence-corrected chi connectivity index (χ1v) is 4.63. The molecular weight excluding hydrogens is 221 g/mol. The molecule has 0 heterocycles. The number of nitrogens with one attached hydrogen (secondary N) is 1. The summed E-state index contributed by atoms with van der Waals surface area (Å²) in [5.74, 6) is 5.69. The minimum atomic E-state index is -4.25. The maximum atomic E-state index is 12.2. The fourth-order valence-electron chi connectivity index (χ4n) is 1.34. The molecule has 0 aromatic heterocycles. The van der Waals surface area contributed by atoms with E-state index in [1.54, 1.807) is 24.3 Å². The van der Waals surface area contributed by atoms with Crippen LogP contribution in [0.15, 0.2) is 24.3 Å². The summed E-state index contributed by atoms with van der Waals surface area (Å²) in [4.78, 5) is 0. The van der Waals surface area contributed by atoms with Crippen LogP contribution in [-0.4, -0.2) is 13.3 Å². The van der Waals surface area contributed by atoms with E-state index in [1.165, 1.54) is 7.11 Å². The monoisotopic (exact) mass is 234 g/mol. The number of ether oxygens (including phenoxy) is 1. The van der Waals surface area contributed by atoms with Crippen LogP contribution < -0.4 is 16.0 Å². The highest BCUT2D eigenvalue weighted by atomic mass is 19.4. The molecule has 0 saturated heterocycles. The molecule has 0 spiro atoms. The van der Waals surface area contributed by atoms with Gasteiger partial charge in [-0.3, -0.25) is 11.3 Å². The Labute approximate surface area is 91.4 Å². The lowest BCUT2D eigenvalue weighted by Gasteiger charge is -2.18. The van der Waals surface area contributed by atoms with Gasteiger partial charge in [0.2, 0.25) is 0 Å². The number of hydrogen-bond donors (Lipinski definition) is 2. The minimum absolute atomic E-state index is 0.473. The van der Waals surface area contributed by atoms with Gasteiger partial charge in [0.15, 0.2) is 0 Å². The van der Waals surface area contributed by atoms with Crippen LogP contribution in [0.4, 0.5) is 13.2 Å². The van der Waals surface area contributed by atoms with E-state index in [0.717, 1.165) is 0 Å². The molecule has 3 N–H and O–H groups in total. The molecule has 90 valence electrons. The molecule has 1 atom stereocenters. The fraction of sp³-hybridized carbons (Fsp3) is 0.400. The highest BCUT2D eigenvalue weighted by Gasteiger charge is 2.32. The molecule has 0 radical (unpaired) electrons. The Bertz CT molecular complexity index is 324. The summed E-state index contributed by atoms with van der Waals surface area (Å²) in [7, 11) is 1.49. The van der Waals surface area contributed by atoms with Gasteiger partial charge in [-0.15, -0.1) is 0 Å². The summed E-state index contributed by atoms with van der Waals surface area (Å²) < 4.78 is 41.5. The second-order valence-electron chi connectivity index (χ2n) is 3.31. The van der Waals surface area contributed by atoms with Crippen LogP contribution >= 0.6 is 0 Å². The third kappa shape index (κ3) is 3.71. The maximum Gasteiger partial charge on any atom is 0.390 e. The number of benzene rings is 1. The average Bonchev–Trinajstić information content (AvgIpc) is 2.25. The summed E-state index contributed by atoms with van der Waals surface area (Å²) >= 11 is 0. The second kappa shape index (κ2) is 5.18. The van der Waals surface area contributed by atoms with E-state index in [4.69, 9.17) is 10.6 Å². The van der Waals surface area contributed by atoms with Crippen molar-refractivity contribution >= 4 is 0 Å². The van der Waals surface area contributed by atoms with Crippen LogP contribution in [0.2, 0.25) is 0 Å². The second-order valence-corrected chi connectivity index (χ2v) is 3.31. The van der Waals surface area contributed by atoms with Gasteiger partial charge in [-0.1, -0.05) is 12.1 Å². The van der Waals surface area contributed by atoms with Gasteiger partial charge in [0, 0.05) is 0 Å². The number of halogens is 3. The number of hydrazine groups is 1. The van der Waals surface area contributed by atoms with Crippen molar-refractivity contribution in [3.05, 3.63) is 29.8 Å². The molecule has 1 rings (SSSR count). The summed E-state index contributed by atoms with van der Waals surface area (Å²) in [6, 6.07) is 5.35. The predicted octanol–water partition coefficient (Wildman–Crippen LogP) is 2.15. The smallest absolute Gasteiger partial charge is 0.390 e. The molecule has 1 unspecified atom stereocenters. The van der Waals surface area contributed by atoms with Gasteiger partial charge in [0.1, 0.15) is 5.75 Å². The van der Waals surface area contributed by atoms with Crippen LogP contribution in [0, 0.1) is 0 Å². The van der Waals surface area contributed by atoms with Gasteiger partial charge in [0.05, 0.1) is 19.6 Å². The predicted molar refractivity (Wildman–Crippen MR) is 53.7 cm³/mol. The fourth-order valence-corrected chi connectivity index (χ4v) is 1.34. The van der Waals surface area contributed by atoms with Crippen LogP contribution in [0.25, 0.3) is 0 Å². The zero-order valence-corrected chi connectivity index (χ0v) is 8.71. The SMILES string of the molecule is COc1ccc(C(CC(F)(F)F)NN)cc1. The Kier molecular flexibility index (Phi) is 4.14. The van der Waals surface area contributed by atoms with Gasteiger partial charge in [0.25, 0.3) is 0 Å². The summed E-state index contributed by atoms with van der Waals surface area (Å²) in [6.45, 7) is 0. The van der Waals surface area contributed by atoms with Crippen molar-refractivity contribution < 1.29 is 17.9 Å². The highest BCUT2D eigenvalue weighted by molar-refractivity contribution is 5.29. The Balaban J connectivity index is 2.79. The lowest BCUT2D eigenvalue weighted by Crippen LogP contribution is -2.31. The van der Waals surface area contributed by atoms with E-state index < -0.39 is 18.6 Å². The molecule has 1 aromatic rings. The number of hydrogen-bond acceptors (Lipinski definition) is 3. The van der Waals surface area contributed by atoms with Gasteiger partial charge >= 0.3 is 6.18 Å². The molecule has 16 heavy (non-hydrogen) atoms. The van der Waals surface area contributed by atoms with E-state index in [1.807, 2.05) is 0 Å². The molecule has 0 bridgehead atoms. The van der Waals surface area contributed by atoms with Crippen molar-refractivity contribution in [2.75, 3.05) is 7.11 Å². The third-order valence-corrected chi connectivity index (χ3v) is 2.15. The molecule has 0 aliphatic heterocycles. The minimum Gasteiger partial charge on any atom is -0.497 e. The van der Waals surface area contributed by atoms with Gasteiger partial charge < -0.3 is 4.74 Å². The first-order valence-electron chi connectivity index (χ1n) is 4.63. The highest BCUT2D eigenvalue weighted by Crippen LogP contribution is 2.29. The number of rotatable bonds is 4. The number of methoxy groups -OCH3 is 1. The molecular formula is C10H13F3N2O. The Morgan fingerprint density at radius 3 is 2.25 bits per heavy atom. The molecule has 1 aromatic carbocycles. The standard InChI is InChI=1S/C10H13F3N2O/c1-16-8-4-2-7(3-5-8)9(15-14)6-10(11,12)13/h2-5,9,15H,6,14H2,1H3. The largest absolute Gasteiger partial charge is 0.497 e. The van der Waals surface area contributed by atoms with Gasteiger partial charge in [-0.25, -0.2) is 0 Å². The lowest BCUT2D eigenvalue weighted by atomic mass is 10.0. The van der Waals surface area contributed by atoms with E-state index in [9.17, 15) is 13.2 Å². The van der Waals surface area contributed by atoms with Crippen LogP contribution in [-0.2, 0) is 0 Å². The Morgan fingerprint density at radius 1 is 1.31 bits per heavy atom. The average molecular weight is 234 g/mol. The van der Waals surface area contributed by atoms with Crippen molar-refractivity contribution in [2.45, 2.75) is 18.6 Å². The van der Waals surface area contributed by atoms with Crippen LogP contribution in [0.1, 0.15) is 18.0 Å². The Morgan fingerprint density at radius 2 is 1.88 bits per heavy atom. The molecule has 0 amide bonds. The van der Waals surface area contributed by atoms with Crippen molar-refractivity contribution in [1.82, 2.24) is 5.43 Å². The molecule has 0 aliphatic rings. The Hall–Kier alpha value is -1.27. The molecule has 3 nitrogen and oxygen atoms in total. The van der Waals surface area contributed by atoms with Crippen molar-refractivity contribution in [1.29, 1.82) is 0 Å². The summed E-state index contributed by atoms with van der Waals surface area (Å²) in [5.41, 5.74) is 2.62. The van der Waals surface area contributed by atoms with Crippen molar-refractivity contribution in [2.24, 2.45) is 5.84 Å². The maximum absolute atomic E-state index is 12.2. The quantitative estimate of drug-likeness (QED) is 0.620. The number of nitrogens with two attached hydrogens (primary N) is 1. The lowest BCUT2D eigenvalue weighted by molar-refractivity contribution is -0.140. The first kappa shape index (κ1) is 12.8. The topological polar surface area (TPSA) is 47.3 Å². The van der Waals surface area contributed by atoms with Gasteiger partial charge in [-0.2, -0.15) is 13.2 Å². The molecule has 6 heteroatoms. The van der Waals surface area contributed by atoms with E-state index in [2.05, 4.69) is 5.43 Å². The number of alkyl halides is 3. The normalized spacial score (nSPS) is 13.6. The van der Waals surface area contributed by atoms with Crippen molar-refractivity contribution in [3.8, 4) is 5.75 Å².